The molecule has 0 heterocycles. The van der Waals surface area contributed by atoms with Gasteiger partial charge in [-0.1, -0.05) is 53.1 Å². The Bertz CT molecular complexity index is 539. The van der Waals surface area contributed by atoms with Crippen molar-refractivity contribution in [3.63, 3.8) is 0 Å². The normalized spacial score (nSPS) is 15.3. The number of benzene rings is 1. The molecule has 0 unspecified atom stereocenters. The Labute approximate surface area is 141 Å². The van der Waals surface area contributed by atoms with Crippen molar-refractivity contribution in [2.75, 3.05) is 0 Å². The molecule has 2 rings (SSSR count). The first-order valence-corrected chi connectivity index (χ1v) is 11.0. The molecule has 0 amide bonds. The van der Waals surface area contributed by atoms with E-state index in [9.17, 15) is 0 Å². The molecule has 1 aromatic carbocycles. The summed E-state index contributed by atoms with van der Waals surface area (Å²) in [4.78, 5) is 0. The highest BCUT2D eigenvalue weighted by Crippen LogP contribution is 2.46. The molecule has 0 saturated heterocycles. The highest BCUT2D eigenvalue weighted by atomic mass is 35.5. The molecule has 0 atom stereocenters. The lowest BCUT2D eigenvalue weighted by atomic mass is 9.96. The lowest BCUT2D eigenvalue weighted by Crippen LogP contribution is -2.47. The predicted octanol–water partition coefficient (Wildman–Crippen LogP) is 6.82. The summed E-state index contributed by atoms with van der Waals surface area (Å²) in [7, 11) is -1.90. The lowest BCUT2D eigenvalue weighted by Gasteiger charge is -2.43. The van der Waals surface area contributed by atoms with E-state index in [0.29, 0.717) is 16.6 Å². The molecule has 0 fully saturated rings. The van der Waals surface area contributed by atoms with Gasteiger partial charge in [0.1, 0.15) is 5.76 Å². The molecule has 0 spiro atoms. The predicted molar refractivity (Wildman–Crippen MR) is 99.9 cm³/mol. The van der Waals surface area contributed by atoms with Gasteiger partial charge >= 0.3 is 0 Å². The third-order valence-corrected chi connectivity index (χ3v) is 11.3. The van der Waals surface area contributed by atoms with Crippen LogP contribution in [0.2, 0.25) is 21.6 Å². The van der Waals surface area contributed by atoms with E-state index in [-0.39, 0.29) is 0 Å². The summed E-state index contributed by atoms with van der Waals surface area (Å²) >= 11 is 6.16. The Morgan fingerprint density at radius 2 is 1.59 bits per heavy atom. The Morgan fingerprint density at radius 3 is 2.14 bits per heavy atom. The first kappa shape index (κ1) is 17.6. The summed E-state index contributed by atoms with van der Waals surface area (Å²) in [5.41, 5.74) is 4.34. The maximum absolute atomic E-state index is 6.89. The quantitative estimate of drug-likeness (QED) is 0.536. The maximum Gasteiger partial charge on any atom is 0.258 e. The van der Waals surface area contributed by atoms with E-state index in [4.69, 9.17) is 16.0 Å². The molecule has 0 aliphatic heterocycles. The molecule has 3 heteroatoms. The topological polar surface area (TPSA) is 9.23 Å². The minimum absolute atomic E-state index is 0.589. The van der Waals surface area contributed by atoms with Crippen molar-refractivity contribution in [3.05, 3.63) is 40.4 Å². The minimum atomic E-state index is -1.90. The van der Waals surface area contributed by atoms with Crippen molar-refractivity contribution in [1.29, 1.82) is 0 Å². The van der Waals surface area contributed by atoms with Crippen molar-refractivity contribution in [2.24, 2.45) is 0 Å². The number of fused-ring (bicyclic) bond motifs is 1. The number of allylic oxidation sites excluding steroid dienone is 1. The second kappa shape index (κ2) is 6.80. The van der Waals surface area contributed by atoms with Crippen molar-refractivity contribution in [3.8, 4) is 0 Å². The standard InChI is InChI=1S/C19H29ClOSi/c1-13(2)22(14(3)4,15(5)6)21-19-9-7-8-16-12-17(20)10-11-18(16)19/h9-15H,7-8H2,1-6H3. The highest BCUT2D eigenvalue weighted by Gasteiger charge is 2.47. The largest absolute Gasteiger partial charge is 0.542 e. The highest BCUT2D eigenvalue weighted by molar-refractivity contribution is 6.78. The Morgan fingerprint density at radius 1 is 1.00 bits per heavy atom. The Kier molecular flexibility index (Phi) is 5.44. The second-order valence-corrected chi connectivity index (χ2v) is 13.1. The number of hydrogen-bond acceptors (Lipinski definition) is 1. The van der Waals surface area contributed by atoms with Crippen LogP contribution in [0.3, 0.4) is 0 Å². The van der Waals surface area contributed by atoms with E-state index in [0.717, 1.165) is 23.6 Å². The van der Waals surface area contributed by atoms with E-state index in [1.807, 2.05) is 6.07 Å². The summed E-state index contributed by atoms with van der Waals surface area (Å²) in [6.45, 7) is 14.0. The molecule has 0 bridgehead atoms. The number of halogens is 1. The first-order valence-electron chi connectivity index (χ1n) is 8.47. The first-order chi connectivity index (χ1) is 10.3. The zero-order valence-electron chi connectivity index (χ0n) is 14.7. The maximum atomic E-state index is 6.89. The van der Waals surface area contributed by atoms with Crippen LogP contribution < -0.4 is 0 Å². The smallest absolute Gasteiger partial charge is 0.258 e. The summed E-state index contributed by atoms with van der Waals surface area (Å²) in [6.07, 6.45) is 4.38. The molecular weight excluding hydrogens is 308 g/mol. The lowest BCUT2D eigenvalue weighted by molar-refractivity contribution is 0.440. The van der Waals surface area contributed by atoms with Crippen molar-refractivity contribution >= 4 is 25.7 Å². The molecule has 0 N–H and O–H groups in total. The monoisotopic (exact) mass is 336 g/mol. The Balaban J connectivity index is 2.42. The average Bonchev–Trinajstić information content (AvgIpc) is 2.43. The average molecular weight is 337 g/mol. The molecule has 0 aromatic heterocycles. The molecule has 1 aliphatic carbocycles. The van der Waals surface area contributed by atoms with Crippen molar-refractivity contribution in [2.45, 2.75) is 71.0 Å². The summed E-state index contributed by atoms with van der Waals surface area (Å²) in [5, 5.41) is 0.820. The fourth-order valence-corrected chi connectivity index (χ4v) is 9.59. The van der Waals surface area contributed by atoms with E-state index in [1.54, 1.807) is 0 Å². The molecule has 1 aliphatic rings. The van der Waals surface area contributed by atoms with Crippen LogP contribution in [0, 0.1) is 0 Å². The zero-order valence-corrected chi connectivity index (χ0v) is 16.5. The van der Waals surface area contributed by atoms with Crippen LogP contribution in [-0.2, 0) is 10.8 Å². The number of aryl methyl sites for hydroxylation is 1. The zero-order chi connectivity index (χ0) is 16.5. The molecule has 1 aromatic rings. The van der Waals surface area contributed by atoms with E-state index < -0.39 is 8.32 Å². The van der Waals surface area contributed by atoms with Crippen LogP contribution in [-0.4, -0.2) is 8.32 Å². The van der Waals surface area contributed by atoms with Crippen LogP contribution in [0.4, 0.5) is 0 Å². The minimum Gasteiger partial charge on any atom is -0.542 e. The van der Waals surface area contributed by atoms with E-state index >= 15 is 0 Å². The third-order valence-electron chi connectivity index (χ3n) is 5.07. The van der Waals surface area contributed by atoms with E-state index in [2.05, 4.69) is 59.8 Å². The van der Waals surface area contributed by atoms with Gasteiger partial charge in [-0.15, -0.1) is 0 Å². The van der Waals surface area contributed by atoms with Crippen LogP contribution in [0.25, 0.3) is 5.76 Å². The fraction of sp³-hybridized carbons (Fsp3) is 0.579. The van der Waals surface area contributed by atoms with Gasteiger partial charge < -0.3 is 4.43 Å². The molecule has 0 radical (unpaired) electrons. The van der Waals surface area contributed by atoms with Gasteiger partial charge in [0.2, 0.25) is 0 Å². The van der Waals surface area contributed by atoms with Gasteiger partial charge in [0.15, 0.2) is 0 Å². The van der Waals surface area contributed by atoms with Crippen LogP contribution in [0.5, 0.6) is 0 Å². The van der Waals surface area contributed by atoms with Gasteiger partial charge in [-0.25, -0.2) is 0 Å². The Hall–Kier alpha value is -0.733. The van der Waals surface area contributed by atoms with Gasteiger partial charge in [-0.2, -0.15) is 0 Å². The van der Waals surface area contributed by atoms with Crippen LogP contribution in [0.15, 0.2) is 24.3 Å². The van der Waals surface area contributed by atoms with Crippen molar-refractivity contribution < 1.29 is 4.43 Å². The van der Waals surface area contributed by atoms with Gasteiger partial charge in [-0.05, 0) is 59.3 Å². The SMILES string of the molecule is CC(C)[Si](OC1=CCCc2cc(Cl)ccc21)(C(C)C)C(C)C. The molecular formula is C19H29ClOSi. The summed E-state index contributed by atoms with van der Waals surface area (Å²) in [6, 6.07) is 6.20. The third kappa shape index (κ3) is 3.14. The fourth-order valence-electron chi connectivity index (χ4n) is 4.12. The molecule has 122 valence electrons. The number of hydrogen-bond donors (Lipinski definition) is 0. The van der Waals surface area contributed by atoms with Crippen LogP contribution >= 0.6 is 11.6 Å². The van der Waals surface area contributed by atoms with Crippen molar-refractivity contribution in [1.82, 2.24) is 0 Å². The summed E-state index contributed by atoms with van der Waals surface area (Å²) in [5.74, 6) is 1.10. The van der Waals surface area contributed by atoms with Gasteiger partial charge in [0.05, 0.1) is 0 Å². The summed E-state index contributed by atoms with van der Waals surface area (Å²) < 4.78 is 6.89. The molecule has 22 heavy (non-hydrogen) atoms. The van der Waals surface area contributed by atoms with Gasteiger partial charge in [0.25, 0.3) is 8.32 Å². The van der Waals surface area contributed by atoms with Gasteiger partial charge in [-0.3, -0.25) is 0 Å². The van der Waals surface area contributed by atoms with E-state index in [1.165, 1.54) is 11.1 Å². The number of rotatable bonds is 5. The molecule has 0 saturated carbocycles. The molecule has 1 nitrogen and oxygen atoms in total. The van der Waals surface area contributed by atoms with Crippen LogP contribution in [0.1, 0.15) is 59.1 Å². The second-order valence-electron chi connectivity index (χ2n) is 7.33. The van der Waals surface area contributed by atoms with Gasteiger partial charge in [0, 0.05) is 10.6 Å².